The van der Waals surface area contributed by atoms with Crippen LogP contribution in [0.15, 0.2) is 47.4 Å². The number of sulfonamides is 1. The second-order valence-corrected chi connectivity index (χ2v) is 10.1. The average Bonchev–Trinajstić information content (AvgIpc) is 3.20. The number of halogens is 2. The summed E-state index contributed by atoms with van der Waals surface area (Å²) in [5.74, 6) is -1.18. The van der Waals surface area contributed by atoms with E-state index in [0.29, 0.717) is 12.5 Å². The van der Waals surface area contributed by atoms with Crippen LogP contribution in [0.5, 0.6) is 0 Å². The number of fused-ring (bicyclic) bond motifs is 1. The van der Waals surface area contributed by atoms with Crippen LogP contribution >= 0.6 is 11.5 Å². The molecule has 4 rings (SSSR count). The minimum absolute atomic E-state index is 0.256. The number of unbranched alkanes of at least 4 members (excludes halogenated alkanes) is 1. The van der Waals surface area contributed by atoms with E-state index < -0.39 is 21.7 Å². The number of aromatic nitrogens is 1. The van der Waals surface area contributed by atoms with Gasteiger partial charge in [0.2, 0.25) is 10.0 Å². The largest absolute Gasteiger partial charge is 0.353 e. The van der Waals surface area contributed by atoms with Gasteiger partial charge >= 0.3 is 0 Å². The number of hydrogen-bond donors (Lipinski definition) is 1. The van der Waals surface area contributed by atoms with Crippen LogP contribution in [0, 0.1) is 11.6 Å². The molecular weight excluding hydrogens is 442 g/mol. The minimum Gasteiger partial charge on any atom is -0.353 e. The predicted molar refractivity (Wildman–Crippen MR) is 119 cm³/mol. The molecule has 1 aliphatic heterocycles. The smallest absolute Gasteiger partial charge is 0.240 e. The van der Waals surface area contributed by atoms with Crippen LogP contribution in [0.25, 0.3) is 10.1 Å². The molecule has 2 heterocycles. The van der Waals surface area contributed by atoms with Gasteiger partial charge in [-0.05, 0) is 61.3 Å². The summed E-state index contributed by atoms with van der Waals surface area (Å²) in [6, 6.07) is 10.8. The Kier molecular flexibility index (Phi) is 6.80. The van der Waals surface area contributed by atoms with Crippen molar-refractivity contribution in [1.82, 2.24) is 14.0 Å². The molecule has 1 aromatic heterocycles. The van der Waals surface area contributed by atoms with Crippen molar-refractivity contribution < 1.29 is 17.2 Å². The van der Waals surface area contributed by atoms with Gasteiger partial charge in [0.05, 0.1) is 9.60 Å². The summed E-state index contributed by atoms with van der Waals surface area (Å²) in [4.78, 5) is 4.43. The van der Waals surface area contributed by atoms with Crippen LogP contribution in [0.2, 0.25) is 0 Å². The summed E-state index contributed by atoms with van der Waals surface area (Å²) in [6.07, 6.45) is 1.51. The summed E-state index contributed by atoms with van der Waals surface area (Å²) < 4.78 is 58.9. The third kappa shape index (κ3) is 5.20. The molecule has 1 fully saturated rings. The molecule has 1 aliphatic rings. The topological polar surface area (TPSA) is 65.5 Å². The molecule has 0 saturated carbocycles. The Morgan fingerprint density at radius 3 is 2.55 bits per heavy atom. The minimum atomic E-state index is -3.84. The van der Waals surface area contributed by atoms with E-state index in [1.54, 1.807) is 0 Å². The molecule has 6 nitrogen and oxygen atoms in total. The molecule has 31 heavy (non-hydrogen) atoms. The van der Waals surface area contributed by atoms with Crippen molar-refractivity contribution in [3.63, 3.8) is 0 Å². The molecule has 0 radical (unpaired) electrons. The Balaban J connectivity index is 1.19. The molecule has 0 bridgehead atoms. The van der Waals surface area contributed by atoms with Gasteiger partial charge in [0.25, 0.3) is 0 Å². The van der Waals surface area contributed by atoms with Gasteiger partial charge in [0.15, 0.2) is 11.6 Å². The zero-order valence-electron chi connectivity index (χ0n) is 16.9. The van der Waals surface area contributed by atoms with Crippen molar-refractivity contribution >= 4 is 37.5 Å². The fourth-order valence-corrected chi connectivity index (χ4v) is 5.56. The first kappa shape index (κ1) is 22.1. The Bertz CT molecular complexity index is 1150. The molecule has 2 aromatic carbocycles. The molecule has 0 atom stereocenters. The van der Waals surface area contributed by atoms with E-state index in [-0.39, 0.29) is 11.4 Å². The van der Waals surface area contributed by atoms with Gasteiger partial charge in [0, 0.05) is 38.1 Å². The normalized spacial score (nSPS) is 15.6. The second kappa shape index (κ2) is 9.56. The van der Waals surface area contributed by atoms with Crippen molar-refractivity contribution in [2.45, 2.75) is 17.7 Å². The molecular formula is C21H24F2N4O2S2. The van der Waals surface area contributed by atoms with Crippen molar-refractivity contribution in [2.24, 2.45) is 0 Å². The van der Waals surface area contributed by atoms with Gasteiger partial charge in [-0.3, -0.25) is 4.90 Å². The van der Waals surface area contributed by atoms with E-state index in [1.165, 1.54) is 21.6 Å². The Hall–Kier alpha value is -2.14. The fraction of sp³-hybridized carbons (Fsp3) is 0.381. The van der Waals surface area contributed by atoms with E-state index in [4.69, 9.17) is 0 Å². The zero-order chi connectivity index (χ0) is 21.8. The van der Waals surface area contributed by atoms with E-state index in [0.717, 1.165) is 57.1 Å². The van der Waals surface area contributed by atoms with Gasteiger partial charge in [-0.25, -0.2) is 21.9 Å². The first-order valence-corrected chi connectivity index (χ1v) is 12.5. The van der Waals surface area contributed by atoms with Gasteiger partial charge in [-0.1, -0.05) is 12.1 Å². The van der Waals surface area contributed by atoms with Crippen molar-refractivity contribution in [2.75, 3.05) is 44.2 Å². The van der Waals surface area contributed by atoms with Gasteiger partial charge < -0.3 is 4.90 Å². The molecule has 166 valence electrons. The fourth-order valence-electron chi connectivity index (χ4n) is 3.68. The molecule has 1 N–H and O–H groups in total. The molecule has 1 saturated heterocycles. The number of piperazine rings is 1. The highest BCUT2D eigenvalue weighted by Gasteiger charge is 2.20. The first-order chi connectivity index (χ1) is 14.9. The lowest BCUT2D eigenvalue weighted by atomic mass is 10.2. The molecule has 3 aromatic rings. The van der Waals surface area contributed by atoms with Gasteiger partial charge in [-0.15, -0.1) is 0 Å². The average molecular weight is 467 g/mol. The van der Waals surface area contributed by atoms with Crippen LogP contribution in [-0.2, 0) is 10.0 Å². The van der Waals surface area contributed by atoms with Crippen molar-refractivity contribution in [1.29, 1.82) is 0 Å². The van der Waals surface area contributed by atoms with E-state index in [2.05, 4.69) is 31.0 Å². The highest BCUT2D eigenvalue weighted by molar-refractivity contribution is 7.89. The molecule has 0 spiro atoms. The zero-order valence-corrected chi connectivity index (χ0v) is 18.6. The third-order valence-electron chi connectivity index (χ3n) is 5.42. The number of anilines is 1. The number of nitrogens with one attached hydrogen (secondary N) is 1. The summed E-state index contributed by atoms with van der Waals surface area (Å²) in [6.45, 7) is 4.84. The van der Waals surface area contributed by atoms with Crippen molar-refractivity contribution in [3.8, 4) is 0 Å². The Labute approximate surface area is 184 Å². The van der Waals surface area contributed by atoms with Crippen LogP contribution in [0.3, 0.4) is 0 Å². The number of hydrogen-bond acceptors (Lipinski definition) is 6. The van der Waals surface area contributed by atoms with E-state index >= 15 is 0 Å². The van der Waals surface area contributed by atoms with Gasteiger partial charge in [0.1, 0.15) is 5.82 Å². The quantitative estimate of drug-likeness (QED) is 0.515. The van der Waals surface area contributed by atoms with Crippen LogP contribution in [0.4, 0.5) is 14.6 Å². The summed E-state index contributed by atoms with van der Waals surface area (Å²) in [5.41, 5.74) is 0. The standard InChI is InChI=1S/C21H24F2N4O2S2/c22-18-8-7-16(15-19(18)23)31(28,29)24-9-3-4-10-26-11-13-27(14-12-26)21-17-5-1-2-6-20(17)30-25-21/h1-2,5-8,15,24H,3-4,9-14H2. The predicted octanol–water partition coefficient (Wildman–Crippen LogP) is 3.46. The number of nitrogens with zero attached hydrogens (tertiary/aromatic N) is 3. The number of benzene rings is 2. The summed E-state index contributed by atoms with van der Waals surface area (Å²) in [5, 5.41) is 1.20. The Morgan fingerprint density at radius 2 is 1.77 bits per heavy atom. The maximum Gasteiger partial charge on any atom is 0.240 e. The monoisotopic (exact) mass is 466 g/mol. The SMILES string of the molecule is O=S(=O)(NCCCCN1CCN(c2nsc3ccccc23)CC1)c1ccc(F)c(F)c1. The van der Waals surface area contributed by atoms with E-state index in [1.807, 2.05) is 12.1 Å². The van der Waals surface area contributed by atoms with Crippen LogP contribution in [0.1, 0.15) is 12.8 Å². The maximum atomic E-state index is 13.3. The molecule has 0 unspecified atom stereocenters. The lowest BCUT2D eigenvalue weighted by molar-refractivity contribution is 0.253. The lowest BCUT2D eigenvalue weighted by Crippen LogP contribution is -2.46. The maximum absolute atomic E-state index is 13.3. The van der Waals surface area contributed by atoms with Crippen LogP contribution < -0.4 is 9.62 Å². The van der Waals surface area contributed by atoms with Crippen LogP contribution in [-0.4, -0.2) is 57.0 Å². The number of rotatable bonds is 8. The first-order valence-electron chi connectivity index (χ1n) is 10.2. The lowest BCUT2D eigenvalue weighted by Gasteiger charge is -2.35. The second-order valence-electron chi connectivity index (χ2n) is 7.51. The molecule has 10 heteroatoms. The highest BCUT2D eigenvalue weighted by atomic mass is 32.2. The Morgan fingerprint density at radius 1 is 1.00 bits per heavy atom. The third-order valence-corrected chi connectivity index (χ3v) is 7.70. The molecule has 0 aliphatic carbocycles. The van der Waals surface area contributed by atoms with Crippen molar-refractivity contribution in [3.05, 3.63) is 54.1 Å². The summed E-state index contributed by atoms with van der Waals surface area (Å²) in [7, 11) is -3.84. The highest BCUT2D eigenvalue weighted by Crippen LogP contribution is 2.29. The molecule has 0 amide bonds. The van der Waals surface area contributed by atoms with E-state index in [9.17, 15) is 17.2 Å². The summed E-state index contributed by atoms with van der Waals surface area (Å²) >= 11 is 1.53. The van der Waals surface area contributed by atoms with Gasteiger partial charge in [-0.2, -0.15) is 4.37 Å².